The van der Waals surface area contributed by atoms with Crippen LogP contribution in [0.1, 0.15) is 30.1 Å². The summed E-state index contributed by atoms with van der Waals surface area (Å²) in [5.41, 5.74) is 2.25. The normalized spacial score (nSPS) is 20.9. The number of amides is 1. The van der Waals surface area contributed by atoms with E-state index in [1.54, 1.807) is 13.4 Å². The minimum atomic E-state index is -0.0514. The van der Waals surface area contributed by atoms with Crippen LogP contribution >= 0.6 is 0 Å². The van der Waals surface area contributed by atoms with E-state index >= 15 is 0 Å². The Balaban J connectivity index is 1.58. The zero-order valence-corrected chi connectivity index (χ0v) is 12.6. The number of fused-ring (bicyclic) bond motifs is 1. The molecule has 4 rings (SSSR count). The Hall–Kier alpha value is -2.30. The number of imidazole rings is 1. The monoisotopic (exact) mass is 297 g/mol. The van der Waals surface area contributed by atoms with Gasteiger partial charge < -0.3 is 14.2 Å². The average Bonchev–Trinajstić information content (AvgIpc) is 3.27. The Kier molecular flexibility index (Phi) is 3.13. The minimum absolute atomic E-state index is 0.0514. The van der Waals surface area contributed by atoms with E-state index in [0.717, 1.165) is 29.8 Å². The molecule has 1 atom stereocenters. The number of benzene rings is 1. The van der Waals surface area contributed by atoms with E-state index in [-0.39, 0.29) is 11.9 Å². The number of hydrogen-bond acceptors (Lipinski definition) is 3. The first kappa shape index (κ1) is 13.4. The van der Waals surface area contributed by atoms with Gasteiger partial charge in [-0.25, -0.2) is 4.98 Å². The van der Waals surface area contributed by atoms with Gasteiger partial charge in [0.2, 0.25) is 5.91 Å². The van der Waals surface area contributed by atoms with Gasteiger partial charge in [-0.1, -0.05) is 12.1 Å². The third-order valence-electron chi connectivity index (χ3n) is 4.56. The molecule has 1 fully saturated rings. The molecular formula is C17H19N3O2. The van der Waals surface area contributed by atoms with Crippen molar-refractivity contribution in [3.8, 4) is 5.75 Å². The van der Waals surface area contributed by atoms with Crippen LogP contribution < -0.4 is 4.74 Å². The lowest BCUT2D eigenvalue weighted by Gasteiger charge is -2.34. The molecule has 0 saturated heterocycles. The van der Waals surface area contributed by atoms with Gasteiger partial charge in [-0.2, -0.15) is 0 Å². The Morgan fingerprint density at radius 2 is 2.05 bits per heavy atom. The maximum Gasteiger partial charge on any atom is 0.246 e. The van der Waals surface area contributed by atoms with Gasteiger partial charge in [0.1, 0.15) is 11.8 Å². The van der Waals surface area contributed by atoms with E-state index in [1.165, 1.54) is 0 Å². The smallest absolute Gasteiger partial charge is 0.246 e. The molecule has 2 aliphatic rings. The van der Waals surface area contributed by atoms with Crippen molar-refractivity contribution < 1.29 is 9.53 Å². The maximum absolute atomic E-state index is 12.8. The summed E-state index contributed by atoms with van der Waals surface area (Å²) < 4.78 is 7.25. The van der Waals surface area contributed by atoms with Crippen LogP contribution in [-0.2, 0) is 17.9 Å². The highest BCUT2D eigenvalue weighted by Crippen LogP contribution is 2.43. The second-order valence-electron chi connectivity index (χ2n) is 6.12. The fourth-order valence-corrected chi connectivity index (χ4v) is 3.21. The van der Waals surface area contributed by atoms with Crippen LogP contribution in [0.15, 0.2) is 36.8 Å². The molecule has 2 heterocycles. The third-order valence-corrected chi connectivity index (χ3v) is 4.56. The summed E-state index contributed by atoms with van der Waals surface area (Å²) in [4.78, 5) is 19.0. The fourth-order valence-electron chi connectivity index (χ4n) is 3.21. The number of carbonyl (C=O) groups excluding carboxylic acids is 1. The van der Waals surface area contributed by atoms with E-state index in [2.05, 4.69) is 9.55 Å². The number of rotatable bonds is 4. The number of nitrogens with zero attached hydrogens (tertiary/aromatic N) is 3. The SMILES string of the molecule is COc1ccc(CN2Cc3cncn3C(C3CC3)C2=O)cc1. The Morgan fingerprint density at radius 1 is 1.27 bits per heavy atom. The Labute approximate surface area is 129 Å². The highest BCUT2D eigenvalue weighted by atomic mass is 16.5. The van der Waals surface area contributed by atoms with Crippen LogP contribution in [0.2, 0.25) is 0 Å². The van der Waals surface area contributed by atoms with Crippen molar-refractivity contribution >= 4 is 5.91 Å². The molecule has 1 aliphatic heterocycles. The lowest BCUT2D eigenvalue weighted by Crippen LogP contribution is -2.42. The summed E-state index contributed by atoms with van der Waals surface area (Å²) >= 11 is 0. The van der Waals surface area contributed by atoms with Crippen molar-refractivity contribution in [2.24, 2.45) is 5.92 Å². The quantitative estimate of drug-likeness (QED) is 0.870. The summed E-state index contributed by atoms with van der Waals surface area (Å²) in [7, 11) is 1.66. The van der Waals surface area contributed by atoms with E-state index in [9.17, 15) is 4.79 Å². The number of hydrogen-bond donors (Lipinski definition) is 0. The van der Waals surface area contributed by atoms with E-state index in [0.29, 0.717) is 19.0 Å². The predicted octanol–water partition coefficient (Wildman–Crippen LogP) is 2.39. The zero-order chi connectivity index (χ0) is 15.1. The zero-order valence-electron chi connectivity index (χ0n) is 12.6. The molecule has 5 heteroatoms. The average molecular weight is 297 g/mol. The molecule has 0 bridgehead atoms. The Morgan fingerprint density at radius 3 is 2.73 bits per heavy atom. The van der Waals surface area contributed by atoms with Crippen molar-refractivity contribution in [3.63, 3.8) is 0 Å². The van der Waals surface area contributed by atoms with Gasteiger partial charge in [-0.15, -0.1) is 0 Å². The summed E-state index contributed by atoms with van der Waals surface area (Å²) in [6.07, 6.45) is 5.97. The molecule has 2 aromatic rings. The van der Waals surface area contributed by atoms with Gasteiger partial charge in [-0.05, 0) is 36.5 Å². The Bertz CT molecular complexity index is 688. The molecule has 22 heavy (non-hydrogen) atoms. The van der Waals surface area contributed by atoms with E-state index < -0.39 is 0 Å². The van der Waals surface area contributed by atoms with Gasteiger partial charge in [0.05, 0.1) is 25.7 Å². The van der Waals surface area contributed by atoms with Crippen LogP contribution in [0.5, 0.6) is 5.75 Å². The topological polar surface area (TPSA) is 47.4 Å². The molecular weight excluding hydrogens is 278 g/mol. The lowest BCUT2D eigenvalue weighted by molar-refractivity contribution is -0.138. The van der Waals surface area contributed by atoms with Crippen LogP contribution in [0.25, 0.3) is 0 Å². The van der Waals surface area contributed by atoms with E-state index in [4.69, 9.17) is 4.74 Å². The van der Waals surface area contributed by atoms with Gasteiger partial charge in [-0.3, -0.25) is 4.79 Å². The molecule has 1 aliphatic carbocycles. The highest BCUT2D eigenvalue weighted by molar-refractivity contribution is 5.82. The fraction of sp³-hybridized carbons (Fsp3) is 0.412. The molecule has 114 valence electrons. The molecule has 1 aromatic carbocycles. The first-order chi connectivity index (χ1) is 10.8. The van der Waals surface area contributed by atoms with Crippen molar-refractivity contribution in [1.29, 1.82) is 0 Å². The lowest BCUT2D eigenvalue weighted by atomic mass is 10.1. The predicted molar refractivity (Wildman–Crippen MR) is 81.2 cm³/mol. The summed E-state index contributed by atoms with van der Waals surface area (Å²) in [5.74, 6) is 1.55. The van der Waals surface area contributed by atoms with Crippen molar-refractivity contribution in [1.82, 2.24) is 14.5 Å². The largest absolute Gasteiger partial charge is 0.497 e. The molecule has 0 radical (unpaired) electrons. The standard InChI is InChI=1S/C17H19N3O2/c1-22-15-6-2-12(3-7-15)9-19-10-14-8-18-11-20(14)16(17(19)21)13-4-5-13/h2-3,6-8,11,13,16H,4-5,9-10H2,1H3. The maximum atomic E-state index is 12.8. The number of ether oxygens (including phenoxy) is 1. The molecule has 0 N–H and O–H groups in total. The number of aromatic nitrogens is 2. The molecule has 1 aromatic heterocycles. The second kappa shape index (κ2) is 5.16. The van der Waals surface area contributed by atoms with E-state index in [1.807, 2.05) is 35.4 Å². The highest BCUT2D eigenvalue weighted by Gasteiger charge is 2.42. The van der Waals surface area contributed by atoms with Crippen LogP contribution in [0.4, 0.5) is 0 Å². The first-order valence-electron chi connectivity index (χ1n) is 7.68. The second-order valence-corrected chi connectivity index (χ2v) is 6.12. The van der Waals surface area contributed by atoms with Crippen LogP contribution in [0, 0.1) is 5.92 Å². The van der Waals surface area contributed by atoms with Crippen LogP contribution in [-0.4, -0.2) is 27.5 Å². The first-order valence-corrected chi connectivity index (χ1v) is 7.68. The van der Waals surface area contributed by atoms with Crippen molar-refractivity contribution in [2.45, 2.75) is 32.0 Å². The molecule has 1 saturated carbocycles. The molecule has 5 nitrogen and oxygen atoms in total. The molecule has 0 spiro atoms. The van der Waals surface area contributed by atoms with Gasteiger partial charge in [0.15, 0.2) is 0 Å². The van der Waals surface area contributed by atoms with Crippen LogP contribution in [0.3, 0.4) is 0 Å². The number of methoxy groups -OCH3 is 1. The third kappa shape index (κ3) is 2.26. The van der Waals surface area contributed by atoms with Crippen molar-refractivity contribution in [2.75, 3.05) is 7.11 Å². The summed E-state index contributed by atoms with van der Waals surface area (Å²) in [5, 5.41) is 0. The molecule has 1 unspecified atom stereocenters. The minimum Gasteiger partial charge on any atom is -0.497 e. The van der Waals surface area contributed by atoms with Gasteiger partial charge >= 0.3 is 0 Å². The van der Waals surface area contributed by atoms with Crippen molar-refractivity contribution in [3.05, 3.63) is 48.0 Å². The molecule has 1 amide bonds. The van der Waals surface area contributed by atoms with Gasteiger partial charge in [0, 0.05) is 12.7 Å². The summed E-state index contributed by atoms with van der Waals surface area (Å²) in [6, 6.07) is 7.86. The summed E-state index contributed by atoms with van der Waals surface area (Å²) in [6.45, 7) is 1.27. The number of carbonyl (C=O) groups is 1. The van der Waals surface area contributed by atoms with Gasteiger partial charge in [0.25, 0.3) is 0 Å².